The maximum Gasteiger partial charge on any atom is 0.320 e. The first-order valence-corrected chi connectivity index (χ1v) is 9.75. The number of carbonyl (C=O) groups is 2. The highest BCUT2D eigenvalue weighted by atomic mass is 32.1. The van der Waals surface area contributed by atoms with E-state index < -0.39 is 4.92 Å². The van der Waals surface area contributed by atoms with E-state index in [1.54, 1.807) is 12.1 Å². The van der Waals surface area contributed by atoms with Gasteiger partial charge in [0, 0.05) is 50.1 Å². The number of benzene rings is 1. The van der Waals surface area contributed by atoms with Crippen LogP contribution >= 0.6 is 12.6 Å². The number of piperazine rings is 1. The number of nitrogens with zero attached hydrogens (tertiary/aromatic N) is 3. The standard InChI is InChI=1S/C18H24N4O5S/c23-17(27-12-13-1-3-14(4-2-13)22(25)26)11-20-5-7-21(8-6-20)18(24)16-9-15(28)10-19-16/h1-4,15-16,19,28H,5-12H2/t15-,16-/m0/s1. The molecular formula is C18H24N4O5S. The Morgan fingerprint density at radius 2 is 1.89 bits per heavy atom. The van der Waals surface area contributed by atoms with E-state index in [2.05, 4.69) is 17.9 Å². The molecule has 152 valence electrons. The molecule has 1 amide bonds. The Hall–Kier alpha value is -2.17. The number of rotatable bonds is 6. The van der Waals surface area contributed by atoms with Crippen molar-refractivity contribution >= 4 is 30.2 Å². The number of nitrogens with one attached hydrogen (secondary N) is 1. The van der Waals surface area contributed by atoms with Crippen molar-refractivity contribution in [3.63, 3.8) is 0 Å². The summed E-state index contributed by atoms with van der Waals surface area (Å²) in [7, 11) is 0. The van der Waals surface area contributed by atoms with Gasteiger partial charge in [0.25, 0.3) is 5.69 Å². The van der Waals surface area contributed by atoms with Crippen molar-refractivity contribution in [2.45, 2.75) is 24.3 Å². The number of ether oxygens (including phenoxy) is 1. The van der Waals surface area contributed by atoms with Crippen LogP contribution in [0.2, 0.25) is 0 Å². The maximum absolute atomic E-state index is 12.5. The van der Waals surface area contributed by atoms with Crippen LogP contribution in [0.1, 0.15) is 12.0 Å². The van der Waals surface area contributed by atoms with Gasteiger partial charge in [-0.25, -0.2) is 0 Å². The Labute approximate surface area is 168 Å². The minimum absolute atomic E-state index is 0.000175. The summed E-state index contributed by atoms with van der Waals surface area (Å²) in [6, 6.07) is 5.76. The van der Waals surface area contributed by atoms with Crippen molar-refractivity contribution in [2.75, 3.05) is 39.3 Å². The third-order valence-corrected chi connectivity index (χ3v) is 5.38. The molecule has 0 radical (unpaired) electrons. The average Bonchev–Trinajstić information content (AvgIpc) is 3.13. The number of carbonyl (C=O) groups excluding carboxylic acids is 2. The first kappa shape index (κ1) is 20.6. The predicted octanol–water partition coefficient (Wildman–Crippen LogP) is 0.443. The third kappa shape index (κ3) is 5.43. The zero-order chi connectivity index (χ0) is 20.1. The molecule has 0 aromatic heterocycles. The maximum atomic E-state index is 12.5. The highest BCUT2D eigenvalue weighted by molar-refractivity contribution is 7.81. The molecule has 9 nitrogen and oxygen atoms in total. The quantitative estimate of drug-likeness (QED) is 0.305. The van der Waals surface area contributed by atoms with Gasteiger partial charge in [0.2, 0.25) is 5.91 Å². The van der Waals surface area contributed by atoms with Crippen LogP contribution in [0.5, 0.6) is 0 Å². The van der Waals surface area contributed by atoms with Crippen LogP contribution < -0.4 is 5.32 Å². The highest BCUT2D eigenvalue weighted by Crippen LogP contribution is 2.16. The highest BCUT2D eigenvalue weighted by Gasteiger charge is 2.32. The van der Waals surface area contributed by atoms with E-state index in [-0.39, 0.29) is 42.0 Å². The minimum atomic E-state index is -0.472. The van der Waals surface area contributed by atoms with Crippen LogP contribution in [-0.4, -0.2) is 77.2 Å². The zero-order valence-corrected chi connectivity index (χ0v) is 16.3. The second-order valence-electron chi connectivity index (χ2n) is 7.04. The average molecular weight is 408 g/mol. The van der Waals surface area contributed by atoms with Gasteiger partial charge in [0.1, 0.15) is 6.61 Å². The van der Waals surface area contributed by atoms with Crippen LogP contribution in [0.15, 0.2) is 24.3 Å². The molecule has 0 unspecified atom stereocenters. The molecule has 0 aliphatic carbocycles. The van der Waals surface area contributed by atoms with Gasteiger partial charge in [-0.05, 0) is 24.1 Å². The van der Waals surface area contributed by atoms with Crippen molar-refractivity contribution in [1.82, 2.24) is 15.1 Å². The summed E-state index contributed by atoms with van der Waals surface area (Å²) in [6.07, 6.45) is 0.747. The number of non-ortho nitro benzene ring substituents is 1. The first-order chi connectivity index (χ1) is 13.4. The van der Waals surface area contributed by atoms with E-state index in [0.717, 1.165) is 13.0 Å². The molecule has 28 heavy (non-hydrogen) atoms. The minimum Gasteiger partial charge on any atom is -0.460 e. The topological polar surface area (TPSA) is 105 Å². The molecule has 2 aliphatic heterocycles. The van der Waals surface area contributed by atoms with Crippen LogP contribution in [0.3, 0.4) is 0 Å². The van der Waals surface area contributed by atoms with Crippen LogP contribution in [0.25, 0.3) is 0 Å². The fourth-order valence-corrected chi connectivity index (χ4v) is 3.67. The number of esters is 1. The molecule has 2 saturated heterocycles. The summed E-state index contributed by atoms with van der Waals surface area (Å²) in [5.41, 5.74) is 0.695. The SMILES string of the molecule is O=C(CN1CCN(C(=O)[C@@H]2C[C@H](S)CN2)CC1)OCc1ccc([N+](=O)[O-])cc1. The number of nitro groups is 1. The summed E-state index contributed by atoms with van der Waals surface area (Å²) in [5.74, 6) is -0.245. The molecule has 1 N–H and O–H groups in total. The summed E-state index contributed by atoms with van der Waals surface area (Å²) in [6.45, 7) is 3.40. The molecule has 10 heteroatoms. The van der Waals surface area contributed by atoms with Crippen molar-refractivity contribution in [3.05, 3.63) is 39.9 Å². The normalized spacial score (nSPS) is 22.8. The Morgan fingerprint density at radius 1 is 1.21 bits per heavy atom. The number of amides is 1. The van der Waals surface area contributed by atoms with Gasteiger partial charge in [0.15, 0.2) is 0 Å². The molecule has 0 bridgehead atoms. The molecule has 2 heterocycles. The number of nitro benzene ring substituents is 1. The first-order valence-electron chi connectivity index (χ1n) is 9.24. The van der Waals surface area contributed by atoms with Crippen molar-refractivity contribution in [2.24, 2.45) is 0 Å². The van der Waals surface area contributed by atoms with E-state index in [9.17, 15) is 19.7 Å². The lowest BCUT2D eigenvalue weighted by Crippen LogP contribution is -2.53. The monoisotopic (exact) mass is 408 g/mol. The van der Waals surface area contributed by atoms with Gasteiger partial charge in [-0.15, -0.1) is 0 Å². The lowest BCUT2D eigenvalue weighted by atomic mass is 10.2. The Balaban J connectivity index is 1.37. The van der Waals surface area contributed by atoms with Crippen LogP contribution in [0, 0.1) is 10.1 Å². The smallest absolute Gasteiger partial charge is 0.320 e. The summed E-state index contributed by atoms with van der Waals surface area (Å²) in [5, 5.41) is 14.1. The molecule has 0 saturated carbocycles. The molecule has 3 rings (SSSR count). The van der Waals surface area contributed by atoms with E-state index in [1.807, 2.05) is 9.80 Å². The summed E-state index contributed by atoms with van der Waals surface area (Å²) in [4.78, 5) is 38.5. The largest absolute Gasteiger partial charge is 0.460 e. The number of hydrogen-bond acceptors (Lipinski definition) is 8. The number of hydrogen-bond donors (Lipinski definition) is 2. The third-order valence-electron chi connectivity index (χ3n) is 4.99. The second kappa shape index (κ2) is 9.35. The fourth-order valence-electron chi connectivity index (χ4n) is 3.36. The van der Waals surface area contributed by atoms with Crippen LogP contribution in [0.4, 0.5) is 5.69 Å². The molecule has 1 aromatic carbocycles. The Morgan fingerprint density at radius 3 is 2.46 bits per heavy atom. The van der Waals surface area contributed by atoms with Crippen LogP contribution in [-0.2, 0) is 20.9 Å². The van der Waals surface area contributed by atoms with Crippen molar-refractivity contribution in [3.8, 4) is 0 Å². The van der Waals surface area contributed by atoms with E-state index in [1.165, 1.54) is 12.1 Å². The molecule has 0 spiro atoms. The van der Waals surface area contributed by atoms with Gasteiger partial charge >= 0.3 is 5.97 Å². The van der Waals surface area contributed by atoms with Gasteiger partial charge in [-0.2, -0.15) is 12.6 Å². The lowest BCUT2D eigenvalue weighted by molar-refractivity contribution is -0.384. The van der Waals surface area contributed by atoms with Gasteiger partial charge < -0.3 is 15.0 Å². The number of thiol groups is 1. The summed E-state index contributed by atoms with van der Waals surface area (Å²) < 4.78 is 5.25. The molecule has 2 fully saturated rings. The van der Waals surface area contributed by atoms with Crippen molar-refractivity contribution < 1.29 is 19.2 Å². The van der Waals surface area contributed by atoms with Crippen molar-refractivity contribution in [1.29, 1.82) is 0 Å². The summed E-state index contributed by atoms with van der Waals surface area (Å²) >= 11 is 4.40. The van der Waals surface area contributed by atoms with Gasteiger partial charge in [-0.1, -0.05) is 0 Å². The Kier molecular flexibility index (Phi) is 6.87. The van der Waals surface area contributed by atoms with Gasteiger partial charge in [0.05, 0.1) is 17.5 Å². The van der Waals surface area contributed by atoms with E-state index in [4.69, 9.17) is 4.74 Å². The van der Waals surface area contributed by atoms with Gasteiger partial charge in [-0.3, -0.25) is 24.6 Å². The molecular weight excluding hydrogens is 384 g/mol. The second-order valence-corrected chi connectivity index (χ2v) is 7.77. The predicted molar refractivity (Wildman–Crippen MR) is 105 cm³/mol. The van der Waals surface area contributed by atoms with E-state index in [0.29, 0.717) is 31.7 Å². The zero-order valence-electron chi connectivity index (χ0n) is 15.5. The Bertz CT molecular complexity index is 721. The fraction of sp³-hybridized carbons (Fsp3) is 0.556. The molecule has 1 aromatic rings. The van der Waals surface area contributed by atoms with E-state index >= 15 is 0 Å². The molecule has 2 atom stereocenters. The lowest BCUT2D eigenvalue weighted by Gasteiger charge is -2.35. The molecule has 2 aliphatic rings.